The van der Waals surface area contributed by atoms with Crippen molar-refractivity contribution in [1.29, 1.82) is 0 Å². The fourth-order valence-corrected chi connectivity index (χ4v) is 2.41. The number of nitro benzene ring substituents is 1. The first-order valence-electron chi connectivity index (χ1n) is 7.06. The summed E-state index contributed by atoms with van der Waals surface area (Å²) in [5.74, 6) is -1.53. The van der Waals surface area contributed by atoms with Gasteiger partial charge in [-0.1, -0.05) is 23.2 Å². The van der Waals surface area contributed by atoms with Crippen LogP contribution in [0.5, 0.6) is 5.75 Å². The molecule has 2 aromatic carbocycles. The van der Waals surface area contributed by atoms with Crippen molar-refractivity contribution in [2.24, 2.45) is 0 Å². The number of carbonyl (C=O) groups is 2. The first-order valence-corrected chi connectivity index (χ1v) is 7.82. The van der Waals surface area contributed by atoms with Gasteiger partial charge >= 0.3 is 11.7 Å². The summed E-state index contributed by atoms with van der Waals surface area (Å²) < 4.78 is 9.70. The van der Waals surface area contributed by atoms with E-state index in [1.165, 1.54) is 37.4 Å². The van der Waals surface area contributed by atoms with Gasteiger partial charge < -0.3 is 14.8 Å². The van der Waals surface area contributed by atoms with Gasteiger partial charge in [-0.15, -0.1) is 0 Å². The molecule has 0 radical (unpaired) electrons. The Morgan fingerprint density at radius 1 is 1.19 bits per heavy atom. The number of nitro groups is 1. The Morgan fingerprint density at radius 2 is 1.92 bits per heavy atom. The zero-order chi connectivity index (χ0) is 19.3. The molecule has 136 valence electrons. The predicted octanol–water partition coefficient (Wildman–Crippen LogP) is 3.71. The molecule has 0 bridgehead atoms. The summed E-state index contributed by atoms with van der Waals surface area (Å²) in [6.07, 6.45) is 0. The van der Waals surface area contributed by atoms with Crippen LogP contribution in [-0.2, 0) is 9.53 Å². The Balaban J connectivity index is 2.00. The summed E-state index contributed by atoms with van der Waals surface area (Å²) in [4.78, 5) is 34.1. The van der Waals surface area contributed by atoms with E-state index in [1.807, 2.05) is 0 Å². The predicted molar refractivity (Wildman–Crippen MR) is 95.0 cm³/mol. The molecular formula is C16H12Cl2N2O6. The Kier molecular flexibility index (Phi) is 6.37. The van der Waals surface area contributed by atoms with Crippen molar-refractivity contribution in [3.05, 3.63) is 62.1 Å². The maximum atomic E-state index is 12.0. The van der Waals surface area contributed by atoms with Crippen LogP contribution in [0.4, 0.5) is 11.4 Å². The van der Waals surface area contributed by atoms with Crippen molar-refractivity contribution in [3.8, 4) is 5.75 Å². The number of carbonyl (C=O) groups excluding carboxylic acids is 2. The lowest BCUT2D eigenvalue weighted by Crippen LogP contribution is -2.21. The lowest BCUT2D eigenvalue weighted by Gasteiger charge is -2.09. The van der Waals surface area contributed by atoms with E-state index in [1.54, 1.807) is 0 Å². The van der Waals surface area contributed by atoms with Crippen LogP contribution >= 0.6 is 23.2 Å². The number of nitrogens with one attached hydrogen (secondary N) is 1. The topological polar surface area (TPSA) is 108 Å². The molecule has 0 unspecified atom stereocenters. The molecule has 0 aliphatic carbocycles. The third-order valence-electron chi connectivity index (χ3n) is 3.15. The van der Waals surface area contributed by atoms with Crippen LogP contribution in [0.2, 0.25) is 10.0 Å². The number of hydrogen-bond acceptors (Lipinski definition) is 6. The number of methoxy groups -OCH3 is 1. The number of ether oxygens (including phenoxy) is 2. The molecule has 0 aliphatic rings. The van der Waals surface area contributed by atoms with E-state index < -0.39 is 23.4 Å². The molecule has 0 spiro atoms. The van der Waals surface area contributed by atoms with E-state index in [-0.39, 0.29) is 22.0 Å². The molecule has 0 aromatic heterocycles. The van der Waals surface area contributed by atoms with Crippen molar-refractivity contribution in [1.82, 2.24) is 0 Å². The van der Waals surface area contributed by atoms with Crippen molar-refractivity contribution < 1.29 is 24.0 Å². The minimum absolute atomic E-state index is 0.00155. The smallest absolute Gasteiger partial charge is 0.338 e. The number of halogens is 2. The highest BCUT2D eigenvalue weighted by molar-refractivity contribution is 6.36. The SMILES string of the molecule is COc1ccc(C(=O)OCC(=O)Nc2ccc(Cl)cc2Cl)cc1[N+](=O)[O-]. The average molecular weight is 399 g/mol. The van der Waals surface area contributed by atoms with Gasteiger partial charge in [0.2, 0.25) is 0 Å². The zero-order valence-corrected chi connectivity index (χ0v) is 14.8. The van der Waals surface area contributed by atoms with Gasteiger partial charge in [-0.05, 0) is 30.3 Å². The van der Waals surface area contributed by atoms with Crippen LogP contribution in [0.15, 0.2) is 36.4 Å². The summed E-state index contributed by atoms with van der Waals surface area (Å²) in [5, 5.41) is 14.1. The highest BCUT2D eigenvalue weighted by Gasteiger charge is 2.19. The highest BCUT2D eigenvalue weighted by Crippen LogP contribution is 2.28. The van der Waals surface area contributed by atoms with Gasteiger partial charge in [0, 0.05) is 11.1 Å². The second-order valence-corrected chi connectivity index (χ2v) is 5.74. The van der Waals surface area contributed by atoms with E-state index in [9.17, 15) is 19.7 Å². The number of nitrogens with zero attached hydrogens (tertiary/aromatic N) is 1. The second kappa shape index (κ2) is 8.50. The molecule has 0 fully saturated rings. The number of rotatable bonds is 6. The number of amides is 1. The standard InChI is InChI=1S/C16H12Cl2N2O6/c1-25-14-5-2-9(6-13(14)20(23)24)16(22)26-8-15(21)19-12-4-3-10(17)7-11(12)18/h2-7H,8H2,1H3,(H,19,21). The summed E-state index contributed by atoms with van der Waals surface area (Å²) in [5.41, 5.74) is -0.175. The van der Waals surface area contributed by atoms with Crippen LogP contribution < -0.4 is 10.1 Å². The van der Waals surface area contributed by atoms with Gasteiger partial charge in [0.05, 0.1) is 28.3 Å². The van der Waals surface area contributed by atoms with Crippen LogP contribution in [0.1, 0.15) is 10.4 Å². The maximum Gasteiger partial charge on any atom is 0.338 e. The summed E-state index contributed by atoms with van der Waals surface area (Å²) in [6, 6.07) is 8.05. The highest BCUT2D eigenvalue weighted by atomic mass is 35.5. The number of hydrogen-bond donors (Lipinski definition) is 1. The van der Waals surface area contributed by atoms with Crippen LogP contribution in [0, 0.1) is 10.1 Å². The monoisotopic (exact) mass is 398 g/mol. The van der Waals surface area contributed by atoms with Crippen LogP contribution in [0.25, 0.3) is 0 Å². The molecular weight excluding hydrogens is 387 g/mol. The number of benzene rings is 2. The van der Waals surface area contributed by atoms with E-state index in [0.717, 1.165) is 6.07 Å². The Hall–Kier alpha value is -2.84. The Morgan fingerprint density at radius 3 is 2.54 bits per heavy atom. The van der Waals surface area contributed by atoms with Gasteiger partial charge in [-0.3, -0.25) is 14.9 Å². The van der Waals surface area contributed by atoms with Crippen molar-refractivity contribution in [3.63, 3.8) is 0 Å². The summed E-state index contributed by atoms with van der Waals surface area (Å²) in [7, 11) is 1.27. The number of esters is 1. The molecule has 0 saturated heterocycles. The first kappa shape index (κ1) is 19.5. The Bertz CT molecular complexity index is 872. The lowest BCUT2D eigenvalue weighted by atomic mass is 10.2. The third kappa shape index (κ3) is 4.84. The molecule has 8 nitrogen and oxygen atoms in total. The van der Waals surface area contributed by atoms with E-state index in [0.29, 0.717) is 10.7 Å². The molecule has 0 heterocycles. The van der Waals surface area contributed by atoms with Gasteiger partial charge in [0.15, 0.2) is 12.4 Å². The number of anilines is 1. The van der Waals surface area contributed by atoms with E-state index in [2.05, 4.69) is 5.32 Å². The van der Waals surface area contributed by atoms with Crippen LogP contribution in [0.3, 0.4) is 0 Å². The van der Waals surface area contributed by atoms with E-state index in [4.69, 9.17) is 32.7 Å². The van der Waals surface area contributed by atoms with Crippen LogP contribution in [-0.4, -0.2) is 30.5 Å². The van der Waals surface area contributed by atoms with Gasteiger partial charge in [-0.2, -0.15) is 0 Å². The molecule has 2 rings (SSSR count). The first-order chi connectivity index (χ1) is 12.3. The summed E-state index contributed by atoms with van der Waals surface area (Å²) in [6.45, 7) is -0.600. The van der Waals surface area contributed by atoms with Crippen molar-refractivity contribution in [2.45, 2.75) is 0 Å². The van der Waals surface area contributed by atoms with E-state index >= 15 is 0 Å². The van der Waals surface area contributed by atoms with Crippen molar-refractivity contribution in [2.75, 3.05) is 19.0 Å². The van der Waals surface area contributed by atoms with Gasteiger partial charge in [0.25, 0.3) is 5.91 Å². The Labute approximate surface area is 157 Å². The molecule has 10 heteroatoms. The minimum atomic E-state index is -0.895. The van der Waals surface area contributed by atoms with Gasteiger partial charge in [-0.25, -0.2) is 4.79 Å². The fourth-order valence-electron chi connectivity index (χ4n) is 1.95. The molecule has 1 N–H and O–H groups in total. The normalized spacial score (nSPS) is 10.1. The summed E-state index contributed by atoms with van der Waals surface area (Å²) >= 11 is 11.7. The molecule has 0 aliphatic heterocycles. The molecule has 26 heavy (non-hydrogen) atoms. The second-order valence-electron chi connectivity index (χ2n) is 4.89. The third-order valence-corrected chi connectivity index (χ3v) is 3.70. The molecule has 2 aromatic rings. The van der Waals surface area contributed by atoms with Crippen molar-refractivity contribution >= 4 is 46.5 Å². The molecule has 0 saturated carbocycles. The minimum Gasteiger partial charge on any atom is -0.490 e. The molecule has 0 atom stereocenters. The largest absolute Gasteiger partial charge is 0.490 e. The fraction of sp³-hybridized carbons (Fsp3) is 0.125. The molecule has 1 amide bonds. The average Bonchev–Trinajstić information content (AvgIpc) is 2.61. The zero-order valence-electron chi connectivity index (χ0n) is 13.3. The lowest BCUT2D eigenvalue weighted by molar-refractivity contribution is -0.385. The quantitative estimate of drug-likeness (QED) is 0.451. The van der Waals surface area contributed by atoms with Gasteiger partial charge in [0.1, 0.15) is 0 Å². The maximum absolute atomic E-state index is 12.0.